The number of carbonyl (C=O) groups is 2. The topological polar surface area (TPSA) is 66.4 Å². The summed E-state index contributed by atoms with van der Waals surface area (Å²) in [6.45, 7) is 0. The Labute approximate surface area is 209 Å². The fourth-order valence-corrected chi connectivity index (χ4v) is 6.54. The van der Waals surface area contributed by atoms with Crippen LogP contribution < -0.4 is 5.32 Å². The Morgan fingerprint density at radius 1 is 0.714 bits per heavy atom. The zero-order chi connectivity index (χ0) is 24.3. The number of benzene rings is 4. The minimum Gasteiger partial charge on any atom is -0.479 e. The lowest BCUT2D eigenvalue weighted by Crippen LogP contribution is -2.46. The molecule has 4 aromatic carbocycles. The smallest absolute Gasteiger partial charge is 0.330 e. The molecule has 5 rings (SSSR count). The van der Waals surface area contributed by atoms with Crippen LogP contribution in [0.3, 0.4) is 0 Å². The maximum Gasteiger partial charge on any atom is 0.330 e. The Kier molecular flexibility index (Phi) is 6.18. The number of carbonyl (C=O) groups excluding carboxylic acids is 1. The van der Waals surface area contributed by atoms with Crippen molar-refractivity contribution in [2.45, 2.75) is 22.0 Å². The second-order valence-electron chi connectivity index (χ2n) is 8.69. The van der Waals surface area contributed by atoms with Gasteiger partial charge in [-0.2, -0.15) is 0 Å². The van der Waals surface area contributed by atoms with E-state index in [1.165, 1.54) is 0 Å². The zero-order valence-electron chi connectivity index (χ0n) is 19.0. The number of rotatable bonds is 8. The second-order valence-corrected chi connectivity index (χ2v) is 10.1. The standard InChI is InChI=1S/C30H25NO3S/c32-27(22-13-5-1-6-14-22)31-29(28(33)34)21-26(29)35-30(23-15-7-2-8-16-23,24-17-9-3-10-18-24)25-19-11-4-12-20-25/h1-20,26H,21H2,(H,31,32)(H,33,34)/t26-,29+/m0/s1. The van der Waals surface area contributed by atoms with Crippen molar-refractivity contribution in [3.05, 3.63) is 144 Å². The molecule has 0 unspecified atom stereocenters. The van der Waals surface area contributed by atoms with Crippen LogP contribution in [0.25, 0.3) is 0 Å². The van der Waals surface area contributed by atoms with E-state index in [9.17, 15) is 14.7 Å². The van der Waals surface area contributed by atoms with Crippen molar-refractivity contribution in [2.24, 2.45) is 0 Å². The number of amides is 1. The van der Waals surface area contributed by atoms with Crippen molar-refractivity contribution in [2.75, 3.05) is 0 Å². The largest absolute Gasteiger partial charge is 0.479 e. The highest BCUT2D eigenvalue weighted by molar-refractivity contribution is 8.01. The van der Waals surface area contributed by atoms with Gasteiger partial charge in [0.1, 0.15) is 0 Å². The van der Waals surface area contributed by atoms with Gasteiger partial charge in [-0.25, -0.2) is 4.79 Å². The molecule has 174 valence electrons. The fraction of sp³-hybridized carbons (Fsp3) is 0.133. The minimum absolute atomic E-state index is 0.326. The van der Waals surface area contributed by atoms with Crippen LogP contribution in [0.2, 0.25) is 0 Å². The monoisotopic (exact) mass is 479 g/mol. The van der Waals surface area contributed by atoms with Gasteiger partial charge >= 0.3 is 5.97 Å². The summed E-state index contributed by atoms with van der Waals surface area (Å²) in [6.07, 6.45) is 0.347. The number of nitrogens with one attached hydrogen (secondary N) is 1. The molecule has 4 aromatic rings. The third kappa shape index (κ3) is 4.24. The molecular formula is C30H25NO3S. The Morgan fingerprint density at radius 2 is 1.11 bits per heavy atom. The summed E-state index contributed by atoms with van der Waals surface area (Å²) in [5.74, 6) is -1.39. The molecule has 5 heteroatoms. The summed E-state index contributed by atoms with van der Waals surface area (Å²) in [5, 5.41) is 12.8. The highest BCUT2D eigenvalue weighted by Gasteiger charge is 2.64. The van der Waals surface area contributed by atoms with Gasteiger partial charge in [0, 0.05) is 10.8 Å². The Bertz CT molecular complexity index is 1220. The third-order valence-corrected chi connectivity index (χ3v) is 8.43. The van der Waals surface area contributed by atoms with E-state index in [1.807, 2.05) is 60.7 Å². The predicted octanol–water partition coefficient (Wildman–Crippen LogP) is 5.74. The number of carboxylic acid groups (broad SMARTS) is 1. The van der Waals surface area contributed by atoms with Crippen molar-refractivity contribution >= 4 is 23.6 Å². The van der Waals surface area contributed by atoms with Crippen LogP contribution >= 0.6 is 11.8 Å². The summed E-state index contributed by atoms with van der Waals surface area (Å²) in [4.78, 5) is 25.5. The van der Waals surface area contributed by atoms with E-state index in [2.05, 4.69) is 41.7 Å². The second kappa shape index (κ2) is 9.43. The first-order valence-electron chi connectivity index (χ1n) is 11.5. The van der Waals surface area contributed by atoms with Crippen molar-refractivity contribution in [3.8, 4) is 0 Å². The molecule has 0 spiro atoms. The Morgan fingerprint density at radius 3 is 1.51 bits per heavy atom. The summed E-state index contributed by atoms with van der Waals surface area (Å²) in [7, 11) is 0. The average molecular weight is 480 g/mol. The van der Waals surface area contributed by atoms with Gasteiger partial charge in [-0.15, -0.1) is 11.8 Å². The van der Waals surface area contributed by atoms with Gasteiger partial charge in [-0.05, 0) is 35.2 Å². The SMILES string of the molecule is O=C(N[C@]1(C(=O)O)C[C@@H]1SC(c1ccccc1)(c1ccccc1)c1ccccc1)c1ccccc1. The predicted molar refractivity (Wildman–Crippen MR) is 139 cm³/mol. The molecule has 35 heavy (non-hydrogen) atoms. The molecule has 1 fully saturated rings. The molecule has 1 aliphatic rings. The fourth-order valence-electron chi connectivity index (χ4n) is 4.59. The van der Waals surface area contributed by atoms with Crippen LogP contribution in [-0.4, -0.2) is 27.8 Å². The quantitative estimate of drug-likeness (QED) is 0.317. The van der Waals surface area contributed by atoms with E-state index < -0.39 is 16.3 Å². The molecular weight excluding hydrogens is 454 g/mol. The van der Waals surface area contributed by atoms with Crippen molar-refractivity contribution < 1.29 is 14.7 Å². The van der Waals surface area contributed by atoms with Gasteiger partial charge in [0.05, 0.1) is 4.75 Å². The van der Waals surface area contributed by atoms with Crippen molar-refractivity contribution in [1.29, 1.82) is 0 Å². The third-order valence-electron chi connectivity index (χ3n) is 6.51. The normalized spacial score (nSPS) is 19.0. The number of hydrogen-bond acceptors (Lipinski definition) is 3. The first kappa shape index (κ1) is 22.9. The van der Waals surface area contributed by atoms with E-state index in [1.54, 1.807) is 36.0 Å². The lowest BCUT2D eigenvalue weighted by atomic mass is 9.84. The summed E-state index contributed by atoms with van der Waals surface area (Å²) < 4.78 is -0.650. The molecule has 1 amide bonds. The van der Waals surface area contributed by atoms with E-state index in [0.29, 0.717) is 12.0 Å². The molecule has 0 saturated heterocycles. The van der Waals surface area contributed by atoms with Crippen LogP contribution in [0.1, 0.15) is 33.5 Å². The Hall–Kier alpha value is -3.83. The maximum atomic E-state index is 12.9. The molecule has 0 aliphatic heterocycles. The van der Waals surface area contributed by atoms with Crippen molar-refractivity contribution in [1.82, 2.24) is 5.32 Å². The number of carboxylic acids is 1. The van der Waals surface area contributed by atoms with E-state index >= 15 is 0 Å². The van der Waals surface area contributed by atoms with Crippen LogP contribution in [0.4, 0.5) is 0 Å². The molecule has 2 atom stereocenters. The summed E-state index contributed by atoms with van der Waals surface area (Å²) in [5.41, 5.74) is 2.29. The number of thioether (sulfide) groups is 1. The number of hydrogen-bond donors (Lipinski definition) is 2. The molecule has 0 aromatic heterocycles. The Balaban J connectivity index is 1.58. The van der Waals surface area contributed by atoms with E-state index in [-0.39, 0.29) is 11.2 Å². The van der Waals surface area contributed by atoms with Crippen molar-refractivity contribution in [3.63, 3.8) is 0 Å². The van der Waals surface area contributed by atoms with E-state index in [0.717, 1.165) is 16.7 Å². The van der Waals surface area contributed by atoms with Gasteiger partial charge in [-0.3, -0.25) is 4.79 Å². The van der Waals surface area contributed by atoms with Crippen LogP contribution in [-0.2, 0) is 9.54 Å². The molecule has 0 heterocycles. The molecule has 2 N–H and O–H groups in total. The first-order chi connectivity index (χ1) is 17.1. The highest BCUT2D eigenvalue weighted by atomic mass is 32.2. The zero-order valence-corrected chi connectivity index (χ0v) is 19.8. The van der Waals surface area contributed by atoms with Gasteiger partial charge in [0.15, 0.2) is 5.54 Å². The van der Waals surface area contributed by atoms with Crippen LogP contribution in [0.5, 0.6) is 0 Å². The highest BCUT2D eigenvalue weighted by Crippen LogP contribution is 2.58. The maximum absolute atomic E-state index is 12.9. The van der Waals surface area contributed by atoms with Crippen LogP contribution in [0, 0.1) is 0 Å². The van der Waals surface area contributed by atoms with E-state index in [4.69, 9.17) is 0 Å². The van der Waals surface area contributed by atoms with Gasteiger partial charge in [-0.1, -0.05) is 109 Å². The first-order valence-corrected chi connectivity index (χ1v) is 12.4. The molecule has 4 nitrogen and oxygen atoms in total. The molecule has 0 radical (unpaired) electrons. The molecule has 1 aliphatic carbocycles. The molecule has 0 bridgehead atoms. The van der Waals surface area contributed by atoms with Gasteiger partial charge in [0.2, 0.25) is 0 Å². The summed E-state index contributed by atoms with van der Waals surface area (Å²) in [6, 6.07) is 39.2. The minimum atomic E-state index is -1.33. The average Bonchev–Trinajstić information content (AvgIpc) is 3.62. The summed E-state index contributed by atoms with van der Waals surface area (Å²) >= 11 is 1.59. The van der Waals surface area contributed by atoms with Gasteiger partial charge < -0.3 is 10.4 Å². The lowest BCUT2D eigenvalue weighted by Gasteiger charge is -2.36. The van der Waals surface area contributed by atoms with Gasteiger partial charge in [0.25, 0.3) is 5.91 Å². The number of aliphatic carboxylic acids is 1. The molecule has 1 saturated carbocycles. The lowest BCUT2D eigenvalue weighted by molar-refractivity contribution is -0.140. The van der Waals surface area contributed by atoms with Crippen LogP contribution in [0.15, 0.2) is 121 Å².